The molecule has 0 saturated carbocycles. The van der Waals surface area contributed by atoms with E-state index in [0.29, 0.717) is 29.9 Å². The fraction of sp³-hybridized carbons (Fsp3) is 0.333. The molecule has 0 saturated heterocycles. The molecular formula is C21H26N2O5S. The van der Waals surface area contributed by atoms with Crippen molar-refractivity contribution in [1.82, 2.24) is 4.31 Å². The van der Waals surface area contributed by atoms with Crippen molar-refractivity contribution in [3.63, 3.8) is 0 Å². The second-order valence-corrected chi connectivity index (χ2v) is 8.44. The lowest BCUT2D eigenvalue weighted by molar-refractivity contribution is -0.119. The van der Waals surface area contributed by atoms with Gasteiger partial charge in [-0.1, -0.05) is 38.1 Å². The first-order chi connectivity index (χ1) is 13.7. The second kappa shape index (κ2) is 9.67. The standard InChI is InChI=1S/C21H26N2O5S/c1-5-23(6-2)29(26,27)17-12-11-16(4)19(13-17)22-20(24)14-28-21(25)18-10-8-7-9-15(18)3/h7-13H,5-6,14H2,1-4H3,(H,22,24). The minimum atomic E-state index is -3.65. The van der Waals surface area contributed by atoms with E-state index in [2.05, 4.69) is 5.32 Å². The number of benzene rings is 2. The Bertz CT molecular complexity index is 998. The van der Waals surface area contributed by atoms with Gasteiger partial charge in [-0.2, -0.15) is 4.31 Å². The van der Waals surface area contributed by atoms with Crippen LogP contribution in [0.3, 0.4) is 0 Å². The van der Waals surface area contributed by atoms with E-state index in [0.717, 1.165) is 5.56 Å². The topological polar surface area (TPSA) is 92.8 Å². The maximum atomic E-state index is 12.7. The molecule has 0 aliphatic heterocycles. The summed E-state index contributed by atoms with van der Waals surface area (Å²) in [5.74, 6) is -1.14. The molecule has 1 amide bonds. The van der Waals surface area contributed by atoms with Crippen molar-refractivity contribution < 1.29 is 22.7 Å². The zero-order valence-corrected chi connectivity index (χ0v) is 17.9. The summed E-state index contributed by atoms with van der Waals surface area (Å²) in [6.07, 6.45) is 0. The summed E-state index contributed by atoms with van der Waals surface area (Å²) in [6, 6.07) is 11.5. The lowest BCUT2D eigenvalue weighted by atomic mass is 10.1. The number of aryl methyl sites for hydroxylation is 2. The average Bonchev–Trinajstić information content (AvgIpc) is 2.68. The molecule has 2 aromatic rings. The van der Waals surface area contributed by atoms with Crippen LogP contribution < -0.4 is 5.32 Å². The van der Waals surface area contributed by atoms with Crippen LogP contribution in [0.25, 0.3) is 0 Å². The SMILES string of the molecule is CCN(CC)S(=O)(=O)c1ccc(C)c(NC(=O)COC(=O)c2ccccc2C)c1. The minimum absolute atomic E-state index is 0.0963. The zero-order valence-electron chi connectivity index (χ0n) is 17.1. The van der Waals surface area contributed by atoms with Crippen molar-refractivity contribution in [2.24, 2.45) is 0 Å². The number of hydrogen-bond acceptors (Lipinski definition) is 5. The molecule has 7 nitrogen and oxygen atoms in total. The highest BCUT2D eigenvalue weighted by atomic mass is 32.2. The van der Waals surface area contributed by atoms with E-state index in [1.54, 1.807) is 58.0 Å². The Morgan fingerprint density at radius 1 is 1.00 bits per heavy atom. The van der Waals surface area contributed by atoms with Gasteiger partial charge in [0.05, 0.1) is 10.5 Å². The van der Waals surface area contributed by atoms with Crippen molar-refractivity contribution in [3.8, 4) is 0 Å². The molecule has 0 atom stereocenters. The number of carbonyl (C=O) groups excluding carboxylic acids is 2. The highest BCUT2D eigenvalue weighted by Gasteiger charge is 2.22. The van der Waals surface area contributed by atoms with Crippen LogP contribution in [0.1, 0.15) is 35.3 Å². The Hall–Kier alpha value is -2.71. The van der Waals surface area contributed by atoms with Gasteiger partial charge in [0, 0.05) is 18.8 Å². The Balaban J connectivity index is 2.10. The van der Waals surface area contributed by atoms with E-state index in [1.165, 1.54) is 16.4 Å². The van der Waals surface area contributed by atoms with Crippen LogP contribution in [0.4, 0.5) is 5.69 Å². The fourth-order valence-corrected chi connectivity index (χ4v) is 4.29. The van der Waals surface area contributed by atoms with Crippen molar-refractivity contribution >= 4 is 27.6 Å². The Morgan fingerprint density at radius 3 is 2.28 bits per heavy atom. The van der Waals surface area contributed by atoms with Crippen LogP contribution in [0, 0.1) is 13.8 Å². The Labute approximate surface area is 171 Å². The fourth-order valence-electron chi connectivity index (χ4n) is 2.81. The lowest BCUT2D eigenvalue weighted by Gasteiger charge is -2.19. The summed E-state index contributed by atoms with van der Waals surface area (Å²) in [5.41, 5.74) is 2.20. The van der Waals surface area contributed by atoms with Gasteiger partial charge in [-0.3, -0.25) is 4.79 Å². The number of nitrogens with zero attached hydrogens (tertiary/aromatic N) is 1. The lowest BCUT2D eigenvalue weighted by Crippen LogP contribution is -2.30. The van der Waals surface area contributed by atoms with Gasteiger partial charge in [-0.05, 0) is 43.2 Å². The van der Waals surface area contributed by atoms with Crippen LogP contribution in [0.5, 0.6) is 0 Å². The average molecular weight is 419 g/mol. The molecule has 0 fully saturated rings. The third-order valence-corrected chi connectivity index (χ3v) is 6.57. The maximum absolute atomic E-state index is 12.7. The first-order valence-corrected chi connectivity index (χ1v) is 10.8. The van der Waals surface area contributed by atoms with E-state index < -0.39 is 28.5 Å². The molecule has 0 aliphatic carbocycles. The van der Waals surface area contributed by atoms with Crippen LogP contribution in [-0.2, 0) is 19.6 Å². The molecule has 1 N–H and O–H groups in total. The van der Waals surface area contributed by atoms with E-state index in [1.807, 2.05) is 0 Å². The summed E-state index contributed by atoms with van der Waals surface area (Å²) in [7, 11) is -3.65. The smallest absolute Gasteiger partial charge is 0.338 e. The maximum Gasteiger partial charge on any atom is 0.338 e. The van der Waals surface area contributed by atoms with Gasteiger partial charge < -0.3 is 10.1 Å². The van der Waals surface area contributed by atoms with Crippen LogP contribution in [0.15, 0.2) is 47.4 Å². The number of nitrogens with one attached hydrogen (secondary N) is 1. The summed E-state index contributed by atoms with van der Waals surface area (Å²) < 4.78 is 31.8. The van der Waals surface area contributed by atoms with Gasteiger partial charge in [0.1, 0.15) is 0 Å². The Morgan fingerprint density at radius 2 is 1.66 bits per heavy atom. The third-order valence-electron chi connectivity index (χ3n) is 4.53. The quantitative estimate of drug-likeness (QED) is 0.665. The van der Waals surface area contributed by atoms with E-state index in [9.17, 15) is 18.0 Å². The van der Waals surface area contributed by atoms with E-state index >= 15 is 0 Å². The molecule has 0 spiro atoms. The van der Waals surface area contributed by atoms with Crippen molar-refractivity contribution in [2.75, 3.05) is 25.0 Å². The molecule has 0 aliphatic rings. The predicted molar refractivity (Wildman–Crippen MR) is 111 cm³/mol. The molecule has 8 heteroatoms. The van der Waals surface area contributed by atoms with Gasteiger partial charge >= 0.3 is 5.97 Å². The molecule has 2 aromatic carbocycles. The monoisotopic (exact) mass is 418 g/mol. The molecular weight excluding hydrogens is 392 g/mol. The summed E-state index contributed by atoms with van der Waals surface area (Å²) in [6.45, 7) is 7.29. The number of rotatable bonds is 8. The number of anilines is 1. The summed E-state index contributed by atoms with van der Waals surface area (Å²) in [4.78, 5) is 24.5. The number of hydrogen-bond donors (Lipinski definition) is 1. The van der Waals surface area contributed by atoms with Gasteiger partial charge in [-0.25, -0.2) is 13.2 Å². The first kappa shape index (κ1) is 22.6. The van der Waals surface area contributed by atoms with E-state index in [4.69, 9.17) is 4.74 Å². The van der Waals surface area contributed by atoms with Crippen molar-refractivity contribution in [3.05, 3.63) is 59.2 Å². The molecule has 156 valence electrons. The Kier molecular flexibility index (Phi) is 7.53. The number of amides is 1. The van der Waals surface area contributed by atoms with Crippen molar-refractivity contribution in [2.45, 2.75) is 32.6 Å². The number of esters is 1. The molecule has 29 heavy (non-hydrogen) atoms. The van der Waals surface area contributed by atoms with Crippen molar-refractivity contribution in [1.29, 1.82) is 0 Å². The molecule has 0 bridgehead atoms. The van der Waals surface area contributed by atoms with Gasteiger partial charge in [0.15, 0.2) is 6.61 Å². The third kappa shape index (κ3) is 5.42. The van der Waals surface area contributed by atoms with Gasteiger partial charge in [0.2, 0.25) is 10.0 Å². The molecule has 0 radical (unpaired) electrons. The van der Waals surface area contributed by atoms with Crippen LogP contribution in [0.2, 0.25) is 0 Å². The zero-order chi connectivity index (χ0) is 21.6. The first-order valence-electron chi connectivity index (χ1n) is 9.34. The minimum Gasteiger partial charge on any atom is -0.452 e. The molecule has 0 aromatic heterocycles. The second-order valence-electron chi connectivity index (χ2n) is 6.51. The predicted octanol–water partition coefficient (Wildman–Crippen LogP) is 3.13. The largest absolute Gasteiger partial charge is 0.452 e. The molecule has 2 rings (SSSR count). The summed E-state index contributed by atoms with van der Waals surface area (Å²) >= 11 is 0. The number of ether oxygens (including phenoxy) is 1. The highest BCUT2D eigenvalue weighted by Crippen LogP contribution is 2.23. The number of sulfonamides is 1. The van der Waals surface area contributed by atoms with Gasteiger partial charge in [0.25, 0.3) is 5.91 Å². The van der Waals surface area contributed by atoms with Crippen LogP contribution in [-0.4, -0.2) is 44.3 Å². The highest BCUT2D eigenvalue weighted by molar-refractivity contribution is 7.89. The van der Waals surface area contributed by atoms with Gasteiger partial charge in [-0.15, -0.1) is 0 Å². The number of carbonyl (C=O) groups is 2. The van der Waals surface area contributed by atoms with Crippen LogP contribution >= 0.6 is 0 Å². The summed E-state index contributed by atoms with van der Waals surface area (Å²) in [5, 5.41) is 2.62. The molecule has 0 unspecified atom stereocenters. The normalized spacial score (nSPS) is 11.3. The molecule has 0 heterocycles. The van der Waals surface area contributed by atoms with E-state index in [-0.39, 0.29) is 4.90 Å².